The van der Waals surface area contributed by atoms with E-state index in [2.05, 4.69) is 26.1 Å². The van der Waals surface area contributed by atoms with Crippen LogP contribution in [0.5, 0.6) is 5.75 Å². The third kappa shape index (κ3) is 7.45. The number of carboxylic acid groups (broad SMARTS) is 1. The normalized spacial score (nSPS) is 11.5. The van der Waals surface area contributed by atoms with Crippen molar-refractivity contribution in [2.75, 3.05) is 11.9 Å². The summed E-state index contributed by atoms with van der Waals surface area (Å²) in [5.41, 5.74) is 4.65. The number of hydrazine groups is 1. The van der Waals surface area contributed by atoms with E-state index in [1.807, 2.05) is 0 Å². The molecule has 1 atom stereocenters. The molecule has 1 unspecified atom stereocenters. The molecule has 10 nitrogen and oxygen atoms in total. The predicted octanol–water partition coefficient (Wildman–Crippen LogP) is 2.41. The summed E-state index contributed by atoms with van der Waals surface area (Å²) in [6.07, 6.45) is 3.16. The Hall–Kier alpha value is -2.98. The van der Waals surface area contributed by atoms with E-state index in [0.717, 1.165) is 0 Å². The number of carbonyl (C=O) groups excluding carboxylic acids is 2. The van der Waals surface area contributed by atoms with E-state index in [-0.39, 0.29) is 34.2 Å². The van der Waals surface area contributed by atoms with Crippen LogP contribution in [0.2, 0.25) is 10.0 Å². The van der Waals surface area contributed by atoms with E-state index >= 15 is 0 Å². The van der Waals surface area contributed by atoms with E-state index < -0.39 is 30.1 Å². The average Bonchev–Trinajstić information content (AvgIpc) is 3.19. The van der Waals surface area contributed by atoms with Gasteiger partial charge in [-0.1, -0.05) is 23.2 Å². The Bertz CT molecular complexity index is 891. The number of anilines is 1. The number of carboxylic acids is 1. The van der Waals surface area contributed by atoms with Crippen molar-refractivity contribution in [1.82, 2.24) is 20.8 Å². The fourth-order valence-corrected chi connectivity index (χ4v) is 3.20. The number of aromatic hydroxyl groups is 1. The summed E-state index contributed by atoms with van der Waals surface area (Å²) in [4.78, 5) is 42.1. The minimum absolute atomic E-state index is 0.0512. The largest absolute Gasteiger partial charge is 0.506 e. The van der Waals surface area contributed by atoms with Gasteiger partial charge >= 0.3 is 5.97 Å². The number of hydrogen-bond acceptors (Lipinski definition) is 6. The molecule has 6 N–H and O–H groups in total. The van der Waals surface area contributed by atoms with Crippen molar-refractivity contribution in [1.29, 1.82) is 0 Å². The van der Waals surface area contributed by atoms with Crippen LogP contribution in [-0.2, 0) is 14.4 Å². The van der Waals surface area contributed by atoms with Gasteiger partial charge in [0.2, 0.25) is 11.8 Å². The highest BCUT2D eigenvalue weighted by Crippen LogP contribution is 2.38. The monoisotopic (exact) mass is 457 g/mol. The number of phenolic OH excluding ortho intramolecular Hbond substituents is 1. The quantitative estimate of drug-likeness (QED) is 0.236. The highest BCUT2D eigenvalue weighted by Gasteiger charge is 2.24. The fourth-order valence-electron chi connectivity index (χ4n) is 2.69. The third-order valence-corrected chi connectivity index (χ3v) is 4.57. The molecule has 1 aromatic carbocycles. The van der Waals surface area contributed by atoms with Crippen molar-refractivity contribution in [3.63, 3.8) is 0 Å². The molecule has 0 saturated carbocycles. The molecule has 2 amide bonds. The second-order valence-electron chi connectivity index (χ2n) is 6.39. The van der Waals surface area contributed by atoms with Gasteiger partial charge in [-0.15, -0.1) is 0 Å². The minimum Gasteiger partial charge on any atom is -0.506 e. The first-order valence-electron chi connectivity index (χ1n) is 8.97. The fraction of sp³-hybridized carbons (Fsp3) is 0.333. The Labute approximate surface area is 182 Å². The lowest BCUT2D eigenvalue weighted by Crippen LogP contribution is -2.42. The van der Waals surface area contributed by atoms with Crippen LogP contribution in [0, 0.1) is 0 Å². The number of nitrogens with one attached hydrogen (secondary N) is 4. The van der Waals surface area contributed by atoms with E-state index in [0.29, 0.717) is 18.9 Å². The lowest BCUT2D eigenvalue weighted by molar-refractivity contribution is -0.137. The molecule has 0 radical (unpaired) electrons. The molecule has 0 bridgehead atoms. The molecule has 0 aliphatic rings. The van der Waals surface area contributed by atoms with E-state index in [4.69, 9.17) is 28.3 Å². The molecule has 0 saturated heterocycles. The molecular formula is C18H21Cl2N5O5. The number of imidazole rings is 1. The number of amides is 2. The van der Waals surface area contributed by atoms with Gasteiger partial charge in [-0.25, -0.2) is 4.98 Å². The summed E-state index contributed by atoms with van der Waals surface area (Å²) >= 11 is 11.8. The highest BCUT2D eigenvalue weighted by molar-refractivity contribution is 6.35. The van der Waals surface area contributed by atoms with Crippen LogP contribution in [0.1, 0.15) is 37.2 Å². The lowest BCUT2D eigenvalue weighted by atomic mass is 9.91. The lowest BCUT2D eigenvalue weighted by Gasteiger charge is -2.18. The second kappa shape index (κ2) is 11.3. The van der Waals surface area contributed by atoms with Crippen LogP contribution in [0.25, 0.3) is 0 Å². The van der Waals surface area contributed by atoms with Crippen molar-refractivity contribution in [3.05, 3.63) is 40.1 Å². The molecule has 30 heavy (non-hydrogen) atoms. The van der Waals surface area contributed by atoms with Crippen LogP contribution in [0.15, 0.2) is 24.5 Å². The summed E-state index contributed by atoms with van der Waals surface area (Å²) in [5.74, 6) is -2.85. The number of aliphatic carboxylic acids is 1. The average molecular weight is 458 g/mol. The van der Waals surface area contributed by atoms with Gasteiger partial charge in [0.25, 0.3) is 0 Å². The van der Waals surface area contributed by atoms with Crippen LogP contribution in [0.4, 0.5) is 5.95 Å². The van der Waals surface area contributed by atoms with Crippen molar-refractivity contribution < 1.29 is 24.6 Å². The number of benzene rings is 1. The number of H-pyrrole nitrogens is 1. The summed E-state index contributed by atoms with van der Waals surface area (Å²) in [7, 11) is 0. The van der Waals surface area contributed by atoms with Gasteiger partial charge < -0.3 is 20.5 Å². The van der Waals surface area contributed by atoms with Gasteiger partial charge in [0.05, 0.1) is 11.4 Å². The molecule has 12 heteroatoms. The molecule has 0 aliphatic heterocycles. The van der Waals surface area contributed by atoms with Gasteiger partial charge in [-0.05, 0) is 18.6 Å². The van der Waals surface area contributed by atoms with E-state index in [1.165, 1.54) is 12.1 Å². The number of rotatable bonds is 10. The van der Waals surface area contributed by atoms with Crippen LogP contribution in [0.3, 0.4) is 0 Å². The summed E-state index contributed by atoms with van der Waals surface area (Å²) < 4.78 is 0. The standard InChI is InChI=1S/C18H21Cl2N5O5/c19-11-8-12(17(30)13(20)9-11)10(7-16(28)29)6-15(27)25-24-14(26)2-1-3-21-18-22-4-5-23-18/h4-5,8-10,30H,1-3,6-7H2,(H,24,26)(H,25,27)(H,28,29)(H2,21,22,23). The number of halogens is 2. The molecule has 162 valence electrons. The zero-order valence-corrected chi connectivity index (χ0v) is 17.3. The maximum Gasteiger partial charge on any atom is 0.303 e. The summed E-state index contributed by atoms with van der Waals surface area (Å²) in [6.45, 7) is 0.504. The maximum atomic E-state index is 12.2. The molecule has 1 aromatic heterocycles. The van der Waals surface area contributed by atoms with E-state index in [9.17, 15) is 19.5 Å². The second-order valence-corrected chi connectivity index (χ2v) is 7.23. The third-order valence-electron chi connectivity index (χ3n) is 4.06. The van der Waals surface area contributed by atoms with Crippen molar-refractivity contribution in [2.24, 2.45) is 0 Å². The zero-order chi connectivity index (χ0) is 22.1. The number of phenols is 1. The Kier molecular flexibility index (Phi) is 8.75. The van der Waals surface area contributed by atoms with Crippen LogP contribution < -0.4 is 16.2 Å². The number of hydrogen-bond donors (Lipinski definition) is 6. The van der Waals surface area contributed by atoms with Crippen molar-refractivity contribution in [2.45, 2.75) is 31.6 Å². The molecule has 2 aromatic rings. The molecule has 2 rings (SSSR count). The van der Waals surface area contributed by atoms with Gasteiger partial charge in [-0.3, -0.25) is 25.2 Å². The number of aromatic amines is 1. The van der Waals surface area contributed by atoms with Crippen LogP contribution >= 0.6 is 23.2 Å². The molecular weight excluding hydrogens is 437 g/mol. The molecule has 0 fully saturated rings. The molecule has 1 heterocycles. The Morgan fingerprint density at radius 3 is 2.53 bits per heavy atom. The summed E-state index contributed by atoms with van der Waals surface area (Å²) in [6, 6.07) is 2.66. The first-order chi connectivity index (χ1) is 14.3. The molecule has 0 spiro atoms. The van der Waals surface area contributed by atoms with Gasteiger partial charge in [0.1, 0.15) is 5.75 Å². The Morgan fingerprint density at radius 1 is 1.13 bits per heavy atom. The van der Waals surface area contributed by atoms with Crippen molar-refractivity contribution in [3.8, 4) is 5.75 Å². The topological polar surface area (TPSA) is 156 Å². The first kappa shape index (κ1) is 23.3. The smallest absolute Gasteiger partial charge is 0.303 e. The highest BCUT2D eigenvalue weighted by atomic mass is 35.5. The maximum absolute atomic E-state index is 12.2. The summed E-state index contributed by atoms with van der Waals surface area (Å²) in [5, 5.41) is 22.4. The minimum atomic E-state index is -1.17. The number of aromatic nitrogens is 2. The SMILES string of the molecule is O=C(O)CC(CC(=O)NNC(=O)CCCNc1ncc[nH]1)c1cc(Cl)cc(Cl)c1O. The van der Waals surface area contributed by atoms with E-state index in [1.54, 1.807) is 12.4 Å². The number of nitrogens with zero attached hydrogens (tertiary/aromatic N) is 1. The predicted molar refractivity (Wildman–Crippen MR) is 110 cm³/mol. The Morgan fingerprint density at radius 2 is 1.87 bits per heavy atom. The molecule has 0 aliphatic carbocycles. The Balaban J connectivity index is 1.84. The van der Waals surface area contributed by atoms with Gasteiger partial charge in [-0.2, -0.15) is 0 Å². The van der Waals surface area contributed by atoms with Gasteiger partial charge in [0, 0.05) is 48.3 Å². The van der Waals surface area contributed by atoms with Crippen LogP contribution in [-0.4, -0.2) is 44.5 Å². The first-order valence-corrected chi connectivity index (χ1v) is 9.72. The van der Waals surface area contributed by atoms with Gasteiger partial charge in [0.15, 0.2) is 5.95 Å². The number of carbonyl (C=O) groups is 3. The van der Waals surface area contributed by atoms with Crippen molar-refractivity contribution >= 4 is 46.9 Å². The zero-order valence-electron chi connectivity index (χ0n) is 15.7.